The molecule has 2 N–H and O–H groups in total. The van der Waals surface area contributed by atoms with Crippen molar-refractivity contribution in [3.8, 4) is 11.1 Å². The number of carbonyl (C=O) groups is 3. The van der Waals surface area contributed by atoms with Crippen LogP contribution in [-0.4, -0.2) is 42.6 Å². The summed E-state index contributed by atoms with van der Waals surface area (Å²) in [6.07, 6.45) is 1.03. The second kappa shape index (κ2) is 8.47. The lowest BCUT2D eigenvalue weighted by Crippen LogP contribution is -2.33. The molecule has 0 spiro atoms. The third kappa shape index (κ3) is 4.43. The van der Waals surface area contributed by atoms with Crippen LogP contribution in [0.15, 0.2) is 36.5 Å². The molecular formula is C19H19FN4O4. The van der Waals surface area contributed by atoms with E-state index in [0.29, 0.717) is 35.5 Å². The number of carbonyl (C=O) groups excluding carboxylic acids is 3. The van der Waals surface area contributed by atoms with Gasteiger partial charge >= 0.3 is 6.09 Å². The highest BCUT2D eigenvalue weighted by Gasteiger charge is 2.32. The quantitative estimate of drug-likeness (QED) is 0.704. The van der Waals surface area contributed by atoms with E-state index in [9.17, 15) is 18.8 Å². The van der Waals surface area contributed by atoms with Gasteiger partial charge in [-0.05, 0) is 24.3 Å². The minimum absolute atomic E-state index is 0.203. The van der Waals surface area contributed by atoms with Crippen LogP contribution in [0.1, 0.15) is 12.6 Å². The first-order valence-electron chi connectivity index (χ1n) is 8.62. The zero-order valence-electron chi connectivity index (χ0n) is 15.1. The van der Waals surface area contributed by atoms with Gasteiger partial charge in [0.2, 0.25) is 12.3 Å². The number of amides is 3. The summed E-state index contributed by atoms with van der Waals surface area (Å²) in [5, 5.41) is 5.10. The van der Waals surface area contributed by atoms with Crippen molar-refractivity contribution < 1.29 is 23.5 Å². The number of cyclic esters (lactones) is 1. The number of hydrogen-bond donors (Lipinski definition) is 2. The first kappa shape index (κ1) is 19.3. The van der Waals surface area contributed by atoms with Gasteiger partial charge in [0, 0.05) is 24.2 Å². The number of ether oxygens (including phenoxy) is 1. The molecule has 0 aliphatic carbocycles. The summed E-state index contributed by atoms with van der Waals surface area (Å²) in [5.74, 6) is -0.720. The Morgan fingerprint density at radius 3 is 2.86 bits per heavy atom. The Morgan fingerprint density at radius 2 is 2.21 bits per heavy atom. The molecule has 3 amide bonds. The van der Waals surface area contributed by atoms with Crippen molar-refractivity contribution in [3.05, 3.63) is 48.0 Å². The van der Waals surface area contributed by atoms with Gasteiger partial charge in [-0.3, -0.25) is 19.5 Å². The number of pyridine rings is 1. The maximum absolute atomic E-state index is 14.6. The molecule has 3 rings (SSSR count). The molecule has 28 heavy (non-hydrogen) atoms. The summed E-state index contributed by atoms with van der Waals surface area (Å²) in [5.41, 5.74) is 1.94. The van der Waals surface area contributed by atoms with Gasteiger partial charge in [-0.1, -0.05) is 6.07 Å². The number of hydrogen-bond acceptors (Lipinski definition) is 5. The maximum atomic E-state index is 14.6. The molecule has 1 fully saturated rings. The Labute approximate surface area is 160 Å². The molecule has 1 aromatic carbocycles. The Kier molecular flexibility index (Phi) is 5.83. The number of rotatable bonds is 7. The summed E-state index contributed by atoms with van der Waals surface area (Å²) < 4.78 is 19.8. The van der Waals surface area contributed by atoms with Crippen LogP contribution in [0.5, 0.6) is 0 Å². The van der Waals surface area contributed by atoms with E-state index in [1.807, 2.05) is 0 Å². The van der Waals surface area contributed by atoms with E-state index in [0.717, 1.165) is 0 Å². The summed E-state index contributed by atoms with van der Waals surface area (Å²) in [6, 6.07) is 7.87. The Hall–Kier alpha value is -3.49. The van der Waals surface area contributed by atoms with E-state index in [2.05, 4.69) is 15.6 Å². The Morgan fingerprint density at radius 1 is 1.39 bits per heavy atom. The molecule has 0 saturated carbocycles. The van der Waals surface area contributed by atoms with E-state index < -0.39 is 18.0 Å². The summed E-state index contributed by atoms with van der Waals surface area (Å²) in [7, 11) is 0. The van der Waals surface area contributed by atoms with Crippen LogP contribution in [0.4, 0.5) is 14.9 Å². The van der Waals surface area contributed by atoms with Gasteiger partial charge in [0.25, 0.3) is 0 Å². The van der Waals surface area contributed by atoms with Crippen molar-refractivity contribution in [2.45, 2.75) is 19.6 Å². The molecule has 0 radical (unpaired) electrons. The van der Waals surface area contributed by atoms with E-state index in [4.69, 9.17) is 4.74 Å². The lowest BCUT2D eigenvalue weighted by Gasteiger charge is -2.14. The second-order valence-electron chi connectivity index (χ2n) is 6.25. The normalized spacial score (nSPS) is 15.9. The molecule has 9 heteroatoms. The number of benzene rings is 1. The largest absolute Gasteiger partial charge is 0.442 e. The van der Waals surface area contributed by atoms with E-state index >= 15 is 0 Å². The maximum Gasteiger partial charge on any atom is 0.414 e. The average molecular weight is 386 g/mol. The molecule has 1 aliphatic rings. The van der Waals surface area contributed by atoms with Crippen LogP contribution in [0, 0.1) is 5.82 Å². The highest BCUT2D eigenvalue weighted by Crippen LogP contribution is 2.28. The number of aromatic nitrogens is 1. The Bertz CT molecular complexity index is 888. The van der Waals surface area contributed by atoms with Crippen LogP contribution in [-0.2, 0) is 20.9 Å². The topological polar surface area (TPSA) is 101 Å². The highest BCUT2D eigenvalue weighted by atomic mass is 19.1. The standard InChI is InChI=1S/C19H19FN4O4/c1-12(26)22-9-16-10-24(19(27)28-16)15-4-5-17(18(20)6-15)13-2-3-14(23-7-13)8-21-11-25/h2-7,11,16H,8-10H2,1H3,(H,21,25)(H,22,26). The first-order chi connectivity index (χ1) is 13.5. The third-order valence-electron chi connectivity index (χ3n) is 4.22. The van der Waals surface area contributed by atoms with E-state index in [1.54, 1.807) is 24.3 Å². The number of anilines is 1. The van der Waals surface area contributed by atoms with Crippen molar-refractivity contribution in [2.75, 3.05) is 18.0 Å². The molecule has 1 aromatic heterocycles. The number of nitrogens with one attached hydrogen (secondary N) is 2. The predicted molar refractivity (Wildman–Crippen MR) is 98.8 cm³/mol. The fourth-order valence-corrected chi connectivity index (χ4v) is 2.84. The van der Waals surface area contributed by atoms with Crippen molar-refractivity contribution in [1.29, 1.82) is 0 Å². The van der Waals surface area contributed by atoms with Crippen molar-refractivity contribution in [2.24, 2.45) is 0 Å². The zero-order chi connectivity index (χ0) is 20.1. The van der Waals surface area contributed by atoms with Crippen molar-refractivity contribution >= 4 is 24.1 Å². The molecule has 1 atom stereocenters. The minimum Gasteiger partial charge on any atom is -0.442 e. The fraction of sp³-hybridized carbons (Fsp3) is 0.263. The number of nitrogens with zero attached hydrogens (tertiary/aromatic N) is 2. The van der Waals surface area contributed by atoms with Gasteiger partial charge in [-0.15, -0.1) is 0 Å². The summed E-state index contributed by atoms with van der Waals surface area (Å²) in [6.45, 7) is 2.10. The zero-order valence-corrected chi connectivity index (χ0v) is 15.1. The monoisotopic (exact) mass is 386 g/mol. The third-order valence-corrected chi connectivity index (χ3v) is 4.22. The van der Waals surface area contributed by atoms with E-state index in [-0.39, 0.29) is 19.0 Å². The lowest BCUT2D eigenvalue weighted by atomic mass is 10.1. The van der Waals surface area contributed by atoms with Crippen molar-refractivity contribution in [1.82, 2.24) is 15.6 Å². The Balaban J connectivity index is 1.72. The molecule has 1 unspecified atom stereocenters. The van der Waals surface area contributed by atoms with Crippen LogP contribution in [0.3, 0.4) is 0 Å². The fourth-order valence-electron chi connectivity index (χ4n) is 2.84. The highest BCUT2D eigenvalue weighted by molar-refractivity contribution is 5.90. The van der Waals surface area contributed by atoms with Gasteiger partial charge in [-0.2, -0.15) is 0 Å². The molecule has 2 heterocycles. The average Bonchev–Trinajstić information content (AvgIpc) is 3.06. The minimum atomic E-state index is -0.587. The summed E-state index contributed by atoms with van der Waals surface area (Å²) in [4.78, 5) is 38.9. The second-order valence-corrected chi connectivity index (χ2v) is 6.25. The molecular weight excluding hydrogens is 367 g/mol. The lowest BCUT2D eigenvalue weighted by molar-refractivity contribution is -0.119. The van der Waals surface area contributed by atoms with Gasteiger partial charge in [0.1, 0.15) is 11.9 Å². The van der Waals surface area contributed by atoms with Crippen LogP contribution in [0.25, 0.3) is 11.1 Å². The molecule has 1 aliphatic heterocycles. The van der Waals surface area contributed by atoms with Gasteiger partial charge in [0.15, 0.2) is 0 Å². The van der Waals surface area contributed by atoms with Gasteiger partial charge in [-0.25, -0.2) is 9.18 Å². The molecule has 2 aromatic rings. The van der Waals surface area contributed by atoms with Crippen LogP contribution < -0.4 is 15.5 Å². The van der Waals surface area contributed by atoms with E-state index in [1.165, 1.54) is 24.1 Å². The van der Waals surface area contributed by atoms with Gasteiger partial charge in [0.05, 0.1) is 31.0 Å². The number of halogens is 1. The summed E-state index contributed by atoms with van der Waals surface area (Å²) >= 11 is 0. The van der Waals surface area contributed by atoms with Gasteiger partial charge < -0.3 is 15.4 Å². The van der Waals surface area contributed by atoms with Crippen LogP contribution in [0.2, 0.25) is 0 Å². The van der Waals surface area contributed by atoms with Crippen LogP contribution >= 0.6 is 0 Å². The molecule has 8 nitrogen and oxygen atoms in total. The molecule has 1 saturated heterocycles. The predicted octanol–water partition coefficient (Wildman–Crippen LogP) is 1.59. The SMILES string of the molecule is CC(=O)NCC1CN(c2ccc(-c3ccc(CNC=O)nc3)c(F)c2)C(=O)O1. The molecule has 146 valence electrons. The smallest absolute Gasteiger partial charge is 0.414 e. The van der Waals surface area contributed by atoms with Crippen molar-refractivity contribution in [3.63, 3.8) is 0 Å². The molecule has 0 bridgehead atoms. The first-order valence-corrected chi connectivity index (χ1v) is 8.62.